The van der Waals surface area contributed by atoms with E-state index >= 15 is 0 Å². The molecule has 0 aliphatic rings. The fraction of sp³-hybridized carbons (Fsp3) is 0.0909. The van der Waals surface area contributed by atoms with Crippen LogP contribution in [0.4, 0.5) is 0 Å². The standard InChI is InChI=1S/C21H17N3O2S.CH4O/c25-18-10-8-16(9-11-18)13-22-23-21-24(14-19-7-4-12-26-19)20(15-27-21)17-5-2-1-3-6-17;1-2/h1-13,15,25H,14H2;2H,1H3. The van der Waals surface area contributed by atoms with Gasteiger partial charge in [0.15, 0.2) is 0 Å². The number of hydrogen-bond acceptors (Lipinski definition) is 6. The van der Waals surface area contributed by atoms with Crippen molar-refractivity contribution in [3.8, 4) is 17.0 Å². The number of furan rings is 1. The molecule has 0 fully saturated rings. The Kier molecular flexibility index (Phi) is 7.16. The molecule has 0 aliphatic carbocycles. The summed E-state index contributed by atoms with van der Waals surface area (Å²) in [5.41, 5.74) is 3.05. The van der Waals surface area contributed by atoms with Crippen LogP contribution in [-0.4, -0.2) is 28.1 Å². The van der Waals surface area contributed by atoms with Gasteiger partial charge in [0.05, 0.1) is 24.7 Å². The molecule has 2 aromatic carbocycles. The molecule has 0 atom stereocenters. The lowest BCUT2D eigenvalue weighted by Gasteiger charge is -2.07. The SMILES string of the molecule is CO.Oc1ccc(C=NN=c2scc(-c3ccccc3)n2Cc2ccco2)cc1. The van der Waals surface area contributed by atoms with Crippen molar-refractivity contribution in [2.75, 3.05) is 7.11 Å². The van der Waals surface area contributed by atoms with Gasteiger partial charge in [-0.2, -0.15) is 5.10 Å². The first-order chi connectivity index (χ1) is 14.3. The molecule has 7 heteroatoms. The van der Waals surface area contributed by atoms with Crippen molar-refractivity contribution in [3.05, 3.63) is 94.5 Å². The van der Waals surface area contributed by atoms with Crippen molar-refractivity contribution in [1.82, 2.24) is 4.57 Å². The first-order valence-corrected chi connectivity index (χ1v) is 9.74. The molecular formula is C22H21N3O3S. The zero-order chi connectivity index (χ0) is 20.5. The summed E-state index contributed by atoms with van der Waals surface area (Å²) in [7, 11) is 1.00. The molecule has 0 unspecified atom stereocenters. The second-order valence-corrected chi connectivity index (χ2v) is 6.71. The number of aromatic hydroxyl groups is 1. The molecule has 29 heavy (non-hydrogen) atoms. The Morgan fingerprint density at radius 1 is 1.00 bits per heavy atom. The first kappa shape index (κ1) is 20.3. The molecule has 0 bridgehead atoms. The minimum Gasteiger partial charge on any atom is -0.508 e. The number of benzene rings is 2. The zero-order valence-electron chi connectivity index (χ0n) is 15.8. The molecule has 4 aromatic rings. The lowest BCUT2D eigenvalue weighted by atomic mass is 10.2. The van der Waals surface area contributed by atoms with Gasteiger partial charge in [0.25, 0.3) is 0 Å². The highest BCUT2D eigenvalue weighted by atomic mass is 32.1. The Labute approximate surface area is 172 Å². The minimum absolute atomic E-state index is 0.228. The molecule has 0 radical (unpaired) electrons. The molecule has 0 saturated carbocycles. The van der Waals surface area contributed by atoms with Gasteiger partial charge < -0.3 is 19.2 Å². The highest BCUT2D eigenvalue weighted by molar-refractivity contribution is 7.07. The van der Waals surface area contributed by atoms with Crippen LogP contribution < -0.4 is 4.80 Å². The molecule has 148 valence electrons. The summed E-state index contributed by atoms with van der Waals surface area (Å²) in [6.45, 7) is 0.578. The van der Waals surface area contributed by atoms with Gasteiger partial charge in [-0.05, 0) is 47.5 Å². The van der Waals surface area contributed by atoms with Gasteiger partial charge in [0.2, 0.25) is 4.80 Å². The smallest absolute Gasteiger partial charge is 0.211 e. The normalized spacial score (nSPS) is 11.4. The molecule has 2 aromatic heterocycles. The van der Waals surface area contributed by atoms with Crippen LogP contribution in [0.1, 0.15) is 11.3 Å². The van der Waals surface area contributed by atoms with Crippen LogP contribution in [0.15, 0.2) is 93.0 Å². The van der Waals surface area contributed by atoms with Gasteiger partial charge in [0.1, 0.15) is 11.5 Å². The van der Waals surface area contributed by atoms with Gasteiger partial charge in [-0.3, -0.25) is 0 Å². The number of nitrogens with zero attached hydrogens (tertiary/aromatic N) is 3. The van der Waals surface area contributed by atoms with E-state index in [1.807, 2.05) is 30.3 Å². The summed E-state index contributed by atoms with van der Waals surface area (Å²) in [6.07, 6.45) is 3.34. The number of aliphatic hydroxyl groups excluding tert-OH is 1. The van der Waals surface area contributed by atoms with Crippen molar-refractivity contribution in [2.45, 2.75) is 6.54 Å². The van der Waals surface area contributed by atoms with E-state index in [-0.39, 0.29) is 5.75 Å². The van der Waals surface area contributed by atoms with Crippen molar-refractivity contribution < 1.29 is 14.6 Å². The number of hydrogen-bond donors (Lipinski definition) is 2. The van der Waals surface area contributed by atoms with Gasteiger partial charge in [0, 0.05) is 12.5 Å². The molecule has 0 saturated heterocycles. The van der Waals surface area contributed by atoms with Crippen LogP contribution >= 0.6 is 11.3 Å². The molecule has 2 N–H and O–H groups in total. The molecule has 4 rings (SSSR count). The monoisotopic (exact) mass is 407 g/mol. The van der Waals surface area contributed by atoms with Crippen LogP contribution in [-0.2, 0) is 6.54 Å². The zero-order valence-corrected chi connectivity index (χ0v) is 16.7. The minimum atomic E-state index is 0.228. The Hall–Kier alpha value is -3.42. The van der Waals surface area contributed by atoms with Crippen LogP contribution in [0.25, 0.3) is 11.3 Å². The van der Waals surface area contributed by atoms with E-state index < -0.39 is 0 Å². The van der Waals surface area contributed by atoms with E-state index in [1.54, 1.807) is 36.7 Å². The molecule has 0 aliphatic heterocycles. The number of rotatable bonds is 5. The third-order valence-electron chi connectivity index (χ3n) is 4.00. The summed E-state index contributed by atoms with van der Waals surface area (Å²) < 4.78 is 7.61. The van der Waals surface area contributed by atoms with Crippen LogP contribution in [0.2, 0.25) is 0 Å². The number of aromatic nitrogens is 1. The largest absolute Gasteiger partial charge is 0.508 e. The van der Waals surface area contributed by atoms with E-state index in [9.17, 15) is 5.11 Å². The third-order valence-corrected chi connectivity index (χ3v) is 4.86. The highest BCUT2D eigenvalue weighted by Gasteiger charge is 2.09. The second-order valence-electron chi connectivity index (χ2n) is 5.87. The van der Waals surface area contributed by atoms with E-state index in [2.05, 4.69) is 32.3 Å². The summed E-state index contributed by atoms with van der Waals surface area (Å²) >= 11 is 1.53. The summed E-state index contributed by atoms with van der Waals surface area (Å²) in [5.74, 6) is 1.08. The van der Waals surface area contributed by atoms with Crippen LogP contribution in [0, 0.1) is 0 Å². The Morgan fingerprint density at radius 2 is 1.76 bits per heavy atom. The maximum absolute atomic E-state index is 9.35. The van der Waals surface area contributed by atoms with Gasteiger partial charge in [-0.15, -0.1) is 16.4 Å². The highest BCUT2D eigenvalue weighted by Crippen LogP contribution is 2.21. The number of phenolic OH excluding ortho intramolecular Hbond substituents is 1. The number of phenols is 1. The molecule has 0 spiro atoms. The number of thiazole rings is 1. The Balaban J connectivity index is 0.00000117. The summed E-state index contributed by atoms with van der Waals surface area (Å²) in [4.78, 5) is 0.778. The Morgan fingerprint density at radius 3 is 2.45 bits per heavy atom. The fourth-order valence-corrected chi connectivity index (χ4v) is 3.53. The van der Waals surface area contributed by atoms with Gasteiger partial charge in [-0.1, -0.05) is 30.3 Å². The number of aliphatic hydroxyl groups is 1. The first-order valence-electron chi connectivity index (χ1n) is 8.86. The predicted molar refractivity (Wildman–Crippen MR) is 115 cm³/mol. The van der Waals surface area contributed by atoms with Crippen molar-refractivity contribution >= 4 is 17.6 Å². The van der Waals surface area contributed by atoms with Crippen LogP contribution in [0.5, 0.6) is 5.75 Å². The lowest BCUT2D eigenvalue weighted by Crippen LogP contribution is -2.16. The molecule has 6 nitrogen and oxygen atoms in total. The van der Waals surface area contributed by atoms with Gasteiger partial charge >= 0.3 is 0 Å². The van der Waals surface area contributed by atoms with E-state index in [0.29, 0.717) is 6.54 Å². The molecular weight excluding hydrogens is 386 g/mol. The summed E-state index contributed by atoms with van der Waals surface area (Å²) in [6, 6.07) is 20.8. The van der Waals surface area contributed by atoms with Crippen molar-refractivity contribution in [2.24, 2.45) is 10.2 Å². The molecule has 0 amide bonds. The maximum Gasteiger partial charge on any atom is 0.211 e. The van der Waals surface area contributed by atoms with Crippen molar-refractivity contribution in [1.29, 1.82) is 0 Å². The quantitative estimate of drug-likeness (QED) is 0.386. The van der Waals surface area contributed by atoms with E-state index in [1.165, 1.54) is 11.3 Å². The van der Waals surface area contributed by atoms with Gasteiger partial charge in [-0.25, -0.2) is 0 Å². The predicted octanol–water partition coefficient (Wildman–Crippen LogP) is 4.11. The van der Waals surface area contributed by atoms with Crippen LogP contribution in [0.3, 0.4) is 0 Å². The van der Waals surface area contributed by atoms with Crippen molar-refractivity contribution in [3.63, 3.8) is 0 Å². The lowest BCUT2D eigenvalue weighted by molar-refractivity contribution is 0.399. The fourth-order valence-electron chi connectivity index (χ4n) is 2.67. The third kappa shape index (κ3) is 5.31. The van der Waals surface area contributed by atoms with E-state index in [4.69, 9.17) is 9.52 Å². The second kappa shape index (κ2) is 10.2. The van der Waals surface area contributed by atoms with E-state index in [0.717, 1.165) is 34.5 Å². The maximum atomic E-state index is 9.35. The average molecular weight is 407 g/mol. The molecule has 2 heterocycles. The topological polar surface area (TPSA) is 83.3 Å². The average Bonchev–Trinajstić information content (AvgIpc) is 3.42. The Bertz CT molecular complexity index is 1100. The summed E-state index contributed by atoms with van der Waals surface area (Å²) in [5, 5.41) is 27.0.